The maximum absolute atomic E-state index is 12.9. The normalized spacial score (nSPS) is 12.2. The Hall–Kier alpha value is -2.37. The first-order valence-electron chi connectivity index (χ1n) is 32.5. The summed E-state index contributed by atoms with van der Waals surface area (Å²) >= 11 is 0. The van der Waals surface area contributed by atoms with Crippen LogP contribution in [0.15, 0.2) is 36.5 Å². The van der Waals surface area contributed by atoms with Crippen molar-refractivity contribution in [1.29, 1.82) is 0 Å². The molecule has 0 bridgehead atoms. The molecule has 6 heteroatoms. The van der Waals surface area contributed by atoms with Gasteiger partial charge >= 0.3 is 17.9 Å². The van der Waals surface area contributed by atoms with E-state index in [0.717, 1.165) is 96.3 Å². The lowest BCUT2D eigenvalue weighted by molar-refractivity contribution is -0.167. The quantitative estimate of drug-likeness (QED) is 0.0261. The highest BCUT2D eigenvalue weighted by Gasteiger charge is 2.19. The number of allylic oxidation sites excluding steroid dienone is 6. The maximum Gasteiger partial charge on any atom is 0.306 e. The highest BCUT2D eigenvalue weighted by atomic mass is 16.6. The molecule has 0 heterocycles. The molecule has 6 nitrogen and oxygen atoms in total. The topological polar surface area (TPSA) is 78.9 Å². The van der Waals surface area contributed by atoms with Gasteiger partial charge in [-0.25, -0.2) is 0 Å². The van der Waals surface area contributed by atoms with Crippen LogP contribution < -0.4 is 0 Å². The SMILES string of the molecule is CC/C=C\C/C=C\C/C=C\CCCCCCCC(=O)OC(COC(=O)CCCCCCCCCCCCCCCC)COC(=O)CCCCCCCCCCCCCCCCCCCCCCCCCCCC. The number of hydrogen-bond acceptors (Lipinski definition) is 6. The first kappa shape index (κ1) is 70.6. The monoisotopic (exact) mass is 1020 g/mol. The third kappa shape index (κ3) is 60.4. The summed E-state index contributed by atoms with van der Waals surface area (Å²) in [5, 5.41) is 0. The molecule has 0 aliphatic heterocycles. The number of unbranched alkanes of at least 4 members (excludes halogenated alkanes) is 43. The number of carbonyl (C=O) groups excluding carboxylic acids is 3. The number of hydrogen-bond donors (Lipinski definition) is 0. The highest BCUT2D eigenvalue weighted by Crippen LogP contribution is 2.18. The van der Waals surface area contributed by atoms with Crippen molar-refractivity contribution in [3.8, 4) is 0 Å². The molecule has 0 aromatic carbocycles. The first-order valence-corrected chi connectivity index (χ1v) is 32.5. The molecule has 73 heavy (non-hydrogen) atoms. The first-order chi connectivity index (χ1) is 36.0. The fourth-order valence-electron chi connectivity index (χ4n) is 9.81. The van der Waals surface area contributed by atoms with Crippen molar-refractivity contribution in [3.05, 3.63) is 36.5 Å². The minimum absolute atomic E-state index is 0.0740. The van der Waals surface area contributed by atoms with Crippen molar-refractivity contribution >= 4 is 17.9 Å². The molecule has 0 radical (unpaired) electrons. The minimum atomic E-state index is -0.778. The Morgan fingerprint density at radius 3 is 0.836 bits per heavy atom. The van der Waals surface area contributed by atoms with Gasteiger partial charge in [-0.15, -0.1) is 0 Å². The van der Waals surface area contributed by atoms with E-state index >= 15 is 0 Å². The van der Waals surface area contributed by atoms with Gasteiger partial charge < -0.3 is 14.2 Å². The van der Waals surface area contributed by atoms with Crippen molar-refractivity contribution in [1.82, 2.24) is 0 Å². The van der Waals surface area contributed by atoms with Crippen LogP contribution in [0, 0.1) is 0 Å². The van der Waals surface area contributed by atoms with Gasteiger partial charge in [-0.2, -0.15) is 0 Å². The molecular formula is C67H124O6. The van der Waals surface area contributed by atoms with Gasteiger partial charge in [0.05, 0.1) is 0 Å². The molecular weight excluding hydrogens is 901 g/mol. The van der Waals surface area contributed by atoms with Crippen LogP contribution in [-0.4, -0.2) is 37.2 Å². The van der Waals surface area contributed by atoms with Crippen molar-refractivity contribution in [2.24, 2.45) is 0 Å². The molecule has 0 aromatic heterocycles. The largest absolute Gasteiger partial charge is 0.462 e. The Bertz CT molecular complexity index is 1220. The van der Waals surface area contributed by atoms with E-state index in [1.807, 2.05) is 0 Å². The summed E-state index contributed by atoms with van der Waals surface area (Å²) in [4.78, 5) is 38.3. The van der Waals surface area contributed by atoms with Gasteiger partial charge in [-0.1, -0.05) is 320 Å². The summed E-state index contributed by atoms with van der Waals surface area (Å²) in [7, 11) is 0. The molecule has 0 N–H and O–H groups in total. The Morgan fingerprint density at radius 1 is 0.288 bits per heavy atom. The Kier molecular flexibility index (Phi) is 60.2. The molecule has 0 amide bonds. The van der Waals surface area contributed by atoms with Crippen molar-refractivity contribution in [2.45, 2.75) is 361 Å². The predicted octanol–water partition coefficient (Wildman–Crippen LogP) is 22.0. The number of esters is 3. The summed E-state index contributed by atoms with van der Waals surface area (Å²) in [6.07, 6.45) is 75.9. The summed E-state index contributed by atoms with van der Waals surface area (Å²) in [5.74, 6) is -0.867. The van der Waals surface area contributed by atoms with E-state index < -0.39 is 6.10 Å². The molecule has 428 valence electrons. The van der Waals surface area contributed by atoms with Crippen LogP contribution in [-0.2, 0) is 28.6 Å². The van der Waals surface area contributed by atoms with Gasteiger partial charge in [0.15, 0.2) is 6.10 Å². The molecule has 0 saturated heterocycles. The average Bonchev–Trinajstić information content (AvgIpc) is 3.39. The summed E-state index contributed by atoms with van der Waals surface area (Å²) < 4.78 is 16.9. The third-order valence-electron chi connectivity index (χ3n) is 14.7. The smallest absolute Gasteiger partial charge is 0.306 e. The Morgan fingerprint density at radius 2 is 0.534 bits per heavy atom. The average molecular weight is 1030 g/mol. The molecule has 0 aromatic rings. The van der Waals surface area contributed by atoms with Crippen molar-refractivity contribution in [2.75, 3.05) is 13.2 Å². The van der Waals surface area contributed by atoms with Gasteiger partial charge in [0.1, 0.15) is 13.2 Å². The zero-order valence-corrected chi connectivity index (χ0v) is 49.2. The number of rotatable bonds is 60. The van der Waals surface area contributed by atoms with Crippen LogP contribution >= 0.6 is 0 Å². The van der Waals surface area contributed by atoms with Gasteiger partial charge in [-0.05, 0) is 51.4 Å². The number of ether oxygens (including phenoxy) is 3. The fraction of sp³-hybridized carbons (Fsp3) is 0.866. The Labute approximate surface area is 455 Å². The molecule has 0 aliphatic rings. The van der Waals surface area contributed by atoms with Crippen molar-refractivity contribution < 1.29 is 28.6 Å². The van der Waals surface area contributed by atoms with Crippen LogP contribution in [0.1, 0.15) is 355 Å². The molecule has 0 saturated carbocycles. The van der Waals surface area contributed by atoms with E-state index in [1.54, 1.807) is 0 Å². The standard InChI is InChI=1S/C67H124O6/c1-4-7-10-13-16-19-22-25-28-29-30-31-32-33-34-35-36-37-38-40-42-45-48-51-54-57-60-66(69)72-63-64(62-71-65(68)59-56-53-50-47-44-41-27-24-21-18-15-12-9-6-3)73-67(70)61-58-55-52-49-46-43-39-26-23-20-17-14-11-8-5-2/h8,11,17,20,26,39,64H,4-7,9-10,12-16,18-19,21-25,27-38,40-63H2,1-3H3/b11-8-,20-17-,39-26-. The van der Waals surface area contributed by atoms with E-state index in [1.165, 1.54) is 218 Å². The minimum Gasteiger partial charge on any atom is -0.462 e. The van der Waals surface area contributed by atoms with Crippen LogP contribution in [0.5, 0.6) is 0 Å². The zero-order valence-electron chi connectivity index (χ0n) is 49.2. The van der Waals surface area contributed by atoms with Gasteiger partial charge in [0.2, 0.25) is 0 Å². The number of carbonyl (C=O) groups is 3. The van der Waals surface area contributed by atoms with Gasteiger partial charge in [-0.3, -0.25) is 14.4 Å². The lowest BCUT2D eigenvalue weighted by Gasteiger charge is -2.18. The molecule has 0 aliphatic carbocycles. The van der Waals surface area contributed by atoms with Gasteiger partial charge in [0.25, 0.3) is 0 Å². The third-order valence-corrected chi connectivity index (χ3v) is 14.7. The maximum atomic E-state index is 12.9. The second-order valence-electron chi connectivity index (χ2n) is 22.0. The predicted molar refractivity (Wildman–Crippen MR) is 316 cm³/mol. The van der Waals surface area contributed by atoms with E-state index in [2.05, 4.69) is 57.2 Å². The van der Waals surface area contributed by atoms with Crippen LogP contribution in [0.25, 0.3) is 0 Å². The lowest BCUT2D eigenvalue weighted by Crippen LogP contribution is -2.30. The lowest BCUT2D eigenvalue weighted by atomic mass is 10.0. The summed E-state index contributed by atoms with van der Waals surface area (Å²) in [5.41, 5.74) is 0. The Balaban J connectivity index is 4.21. The van der Waals surface area contributed by atoms with Gasteiger partial charge in [0, 0.05) is 19.3 Å². The fourth-order valence-corrected chi connectivity index (χ4v) is 9.81. The van der Waals surface area contributed by atoms with E-state index in [-0.39, 0.29) is 31.1 Å². The molecule has 0 spiro atoms. The summed E-state index contributed by atoms with van der Waals surface area (Å²) in [6.45, 7) is 6.58. The van der Waals surface area contributed by atoms with Crippen LogP contribution in [0.4, 0.5) is 0 Å². The zero-order chi connectivity index (χ0) is 52.9. The highest BCUT2D eigenvalue weighted by molar-refractivity contribution is 5.71. The van der Waals surface area contributed by atoms with E-state index in [0.29, 0.717) is 19.3 Å². The molecule has 0 fully saturated rings. The van der Waals surface area contributed by atoms with E-state index in [4.69, 9.17) is 14.2 Å². The van der Waals surface area contributed by atoms with Crippen LogP contribution in [0.2, 0.25) is 0 Å². The molecule has 1 unspecified atom stereocenters. The molecule has 0 rings (SSSR count). The molecule has 1 atom stereocenters. The van der Waals surface area contributed by atoms with Crippen LogP contribution in [0.3, 0.4) is 0 Å². The second-order valence-corrected chi connectivity index (χ2v) is 22.0. The second kappa shape index (κ2) is 62.2. The van der Waals surface area contributed by atoms with Crippen molar-refractivity contribution in [3.63, 3.8) is 0 Å². The summed E-state index contributed by atoms with van der Waals surface area (Å²) in [6, 6.07) is 0. The van der Waals surface area contributed by atoms with E-state index in [9.17, 15) is 14.4 Å².